The molecule has 2 rings (SSSR count). The first-order chi connectivity index (χ1) is 12.0. The minimum absolute atomic E-state index is 0.143. The normalized spacial score (nSPS) is 10.0. The van der Waals surface area contributed by atoms with Gasteiger partial charge in [-0.05, 0) is 42.3 Å². The molecule has 6 heteroatoms. The van der Waals surface area contributed by atoms with Crippen LogP contribution in [0.4, 0.5) is 5.69 Å². The summed E-state index contributed by atoms with van der Waals surface area (Å²) < 4.78 is 4.60. The van der Waals surface area contributed by atoms with Crippen LogP contribution in [0.25, 0.3) is 0 Å². The number of hydrogen-bond donors (Lipinski definition) is 2. The molecule has 0 atom stereocenters. The lowest BCUT2D eigenvalue weighted by atomic mass is 10.1. The van der Waals surface area contributed by atoms with Crippen LogP contribution in [0.5, 0.6) is 0 Å². The fourth-order valence-corrected chi connectivity index (χ4v) is 2.28. The number of carbonyl (C=O) groups excluding carboxylic acids is 3. The second-order valence-electron chi connectivity index (χ2n) is 5.31. The van der Waals surface area contributed by atoms with Crippen LogP contribution < -0.4 is 10.6 Å². The number of rotatable bonds is 6. The zero-order chi connectivity index (χ0) is 18.2. The third-order valence-corrected chi connectivity index (χ3v) is 3.65. The summed E-state index contributed by atoms with van der Waals surface area (Å²) in [6.45, 7) is 1.86. The smallest absolute Gasteiger partial charge is 0.337 e. The van der Waals surface area contributed by atoms with Crippen molar-refractivity contribution < 1.29 is 19.1 Å². The first-order valence-electron chi connectivity index (χ1n) is 7.89. The molecule has 2 aromatic carbocycles. The number of methoxy groups -OCH3 is 1. The molecule has 0 aliphatic heterocycles. The maximum absolute atomic E-state index is 12.1. The van der Waals surface area contributed by atoms with Crippen molar-refractivity contribution in [3.63, 3.8) is 0 Å². The van der Waals surface area contributed by atoms with Crippen LogP contribution in [0.2, 0.25) is 0 Å². The van der Waals surface area contributed by atoms with E-state index in [-0.39, 0.29) is 12.5 Å². The number of hydrogen-bond acceptors (Lipinski definition) is 4. The number of ether oxygens (including phenoxy) is 1. The fraction of sp³-hybridized carbons (Fsp3) is 0.211. The van der Waals surface area contributed by atoms with Gasteiger partial charge in [-0.1, -0.05) is 25.1 Å². The third-order valence-electron chi connectivity index (χ3n) is 3.65. The van der Waals surface area contributed by atoms with Crippen molar-refractivity contribution in [3.05, 3.63) is 65.2 Å². The largest absolute Gasteiger partial charge is 0.465 e. The molecule has 0 heterocycles. The molecule has 0 saturated carbocycles. The Morgan fingerprint density at radius 1 is 0.960 bits per heavy atom. The summed E-state index contributed by atoms with van der Waals surface area (Å²) in [5, 5.41) is 5.34. The Morgan fingerprint density at radius 3 is 2.24 bits per heavy atom. The average molecular weight is 340 g/mol. The molecule has 0 unspecified atom stereocenters. The quantitative estimate of drug-likeness (QED) is 0.791. The van der Waals surface area contributed by atoms with Crippen molar-refractivity contribution in [2.24, 2.45) is 0 Å². The van der Waals surface area contributed by atoms with Crippen LogP contribution in [-0.4, -0.2) is 31.4 Å². The molecule has 0 aromatic heterocycles. The number of benzene rings is 2. The highest BCUT2D eigenvalue weighted by Crippen LogP contribution is 2.15. The molecule has 0 fully saturated rings. The molecule has 0 bridgehead atoms. The summed E-state index contributed by atoms with van der Waals surface area (Å²) in [6, 6.07) is 13.5. The number of anilines is 1. The van der Waals surface area contributed by atoms with E-state index in [1.807, 2.05) is 31.2 Å². The van der Waals surface area contributed by atoms with Gasteiger partial charge in [-0.15, -0.1) is 0 Å². The van der Waals surface area contributed by atoms with Crippen molar-refractivity contribution in [3.8, 4) is 0 Å². The highest BCUT2D eigenvalue weighted by molar-refractivity contribution is 6.00. The SMILES string of the molecule is CCc1ccccc1NC(=O)CNC(=O)c1ccc(C(=O)OC)cc1. The maximum Gasteiger partial charge on any atom is 0.337 e. The van der Waals surface area contributed by atoms with Gasteiger partial charge < -0.3 is 15.4 Å². The Bertz CT molecular complexity index is 769. The van der Waals surface area contributed by atoms with Crippen molar-refractivity contribution in [1.82, 2.24) is 5.32 Å². The monoisotopic (exact) mass is 340 g/mol. The van der Waals surface area contributed by atoms with Gasteiger partial charge in [-0.3, -0.25) is 9.59 Å². The van der Waals surface area contributed by atoms with E-state index >= 15 is 0 Å². The predicted molar refractivity (Wildman–Crippen MR) is 94.6 cm³/mol. The van der Waals surface area contributed by atoms with Crippen LogP contribution in [0.1, 0.15) is 33.2 Å². The van der Waals surface area contributed by atoms with Crippen molar-refractivity contribution in [2.75, 3.05) is 19.0 Å². The molecule has 0 saturated heterocycles. The zero-order valence-corrected chi connectivity index (χ0v) is 14.2. The minimum atomic E-state index is -0.471. The topological polar surface area (TPSA) is 84.5 Å². The van der Waals surface area contributed by atoms with Crippen LogP contribution in [0, 0.1) is 0 Å². The first-order valence-corrected chi connectivity index (χ1v) is 7.89. The Morgan fingerprint density at radius 2 is 1.60 bits per heavy atom. The van der Waals surface area contributed by atoms with Gasteiger partial charge in [-0.25, -0.2) is 4.79 Å². The summed E-state index contributed by atoms with van der Waals surface area (Å²) in [4.78, 5) is 35.4. The van der Waals surface area contributed by atoms with E-state index in [1.54, 1.807) is 0 Å². The van der Waals surface area contributed by atoms with Gasteiger partial charge in [0.15, 0.2) is 0 Å². The molecule has 0 spiro atoms. The molecular weight excluding hydrogens is 320 g/mol. The van der Waals surface area contributed by atoms with Gasteiger partial charge in [0.25, 0.3) is 5.91 Å². The number of carbonyl (C=O) groups is 3. The number of aryl methyl sites for hydroxylation is 1. The molecular formula is C19H20N2O4. The van der Waals surface area contributed by atoms with Gasteiger partial charge in [0, 0.05) is 11.3 Å². The second-order valence-corrected chi connectivity index (χ2v) is 5.31. The van der Waals surface area contributed by atoms with Crippen LogP contribution in [0.15, 0.2) is 48.5 Å². The highest BCUT2D eigenvalue weighted by Gasteiger charge is 2.11. The Kier molecular flexibility index (Phi) is 6.28. The first kappa shape index (κ1) is 18.2. The van der Waals surface area contributed by atoms with Crippen molar-refractivity contribution in [2.45, 2.75) is 13.3 Å². The van der Waals surface area contributed by atoms with E-state index in [0.29, 0.717) is 11.1 Å². The van der Waals surface area contributed by atoms with Crippen molar-refractivity contribution >= 4 is 23.5 Å². The summed E-state index contributed by atoms with van der Waals surface area (Å²) >= 11 is 0. The summed E-state index contributed by atoms with van der Waals surface area (Å²) in [5.41, 5.74) is 2.48. The lowest BCUT2D eigenvalue weighted by Gasteiger charge is -2.10. The second kappa shape index (κ2) is 8.63. The number of esters is 1. The zero-order valence-electron chi connectivity index (χ0n) is 14.2. The van der Waals surface area contributed by atoms with E-state index in [9.17, 15) is 14.4 Å². The van der Waals surface area contributed by atoms with Gasteiger partial charge >= 0.3 is 5.97 Å². The van der Waals surface area contributed by atoms with E-state index < -0.39 is 11.9 Å². The summed E-state index contributed by atoms with van der Waals surface area (Å²) in [5.74, 6) is -1.17. The summed E-state index contributed by atoms with van der Waals surface area (Å²) in [6.07, 6.45) is 0.801. The lowest BCUT2D eigenvalue weighted by molar-refractivity contribution is -0.115. The highest BCUT2D eigenvalue weighted by atomic mass is 16.5. The molecule has 0 radical (unpaired) electrons. The van der Waals surface area contributed by atoms with E-state index in [2.05, 4.69) is 15.4 Å². The van der Waals surface area contributed by atoms with Crippen LogP contribution in [-0.2, 0) is 16.0 Å². The summed E-state index contributed by atoms with van der Waals surface area (Å²) in [7, 11) is 1.29. The maximum atomic E-state index is 12.1. The lowest BCUT2D eigenvalue weighted by Crippen LogP contribution is -2.33. The van der Waals surface area contributed by atoms with Crippen LogP contribution >= 0.6 is 0 Å². The van der Waals surface area contributed by atoms with Gasteiger partial charge in [0.05, 0.1) is 19.2 Å². The van der Waals surface area contributed by atoms with E-state index in [0.717, 1.165) is 17.7 Å². The molecule has 6 nitrogen and oxygen atoms in total. The molecule has 25 heavy (non-hydrogen) atoms. The number of amides is 2. The third kappa shape index (κ3) is 4.91. The van der Waals surface area contributed by atoms with Crippen LogP contribution in [0.3, 0.4) is 0 Å². The van der Waals surface area contributed by atoms with Crippen molar-refractivity contribution in [1.29, 1.82) is 0 Å². The number of para-hydroxylation sites is 1. The van der Waals surface area contributed by atoms with Gasteiger partial charge in [0.1, 0.15) is 0 Å². The molecule has 2 amide bonds. The number of nitrogens with one attached hydrogen (secondary N) is 2. The Labute approximate surface area is 146 Å². The molecule has 2 N–H and O–H groups in total. The van der Waals surface area contributed by atoms with E-state index in [4.69, 9.17) is 0 Å². The Balaban J connectivity index is 1.91. The average Bonchev–Trinajstić information content (AvgIpc) is 2.66. The minimum Gasteiger partial charge on any atom is -0.465 e. The molecule has 0 aliphatic rings. The molecule has 130 valence electrons. The Hall–Kier alpha value is -3.15. The molecule has 0 aliphatic carbocycles. The van der Waals surface area contributed by atoms with Gasteiger partial charge in [0.2, 0.25) is 5.91 Å². The fourth-order valence-electron chi connectivity index (χ4n) is 2.28. The van der Waals surface area contributed by atoms with E-state index in [1.165, 1.54) is 31.4 Å². The molecule has 2 aromatic rings. The van der Waals surface area contributed by atoms with Gasteiger partial charge in [-0.2, -0.15) is 0 Å². The predicted octanol–water partition coefficient (Wildman–Crippen LogP) is 2.40. The standard InChI is InChI=1S/C19H20N2O4/c1-3-13-6-4-5-7-16(13)21-17(22)12-20-18(23)14-8-10-15(11-9-14)19(24)25-2/h4-11H,3,12H2,1-2H3,(H,20,23)(H,21,22).